The van der Waals surface area contributed by atoms with Crippen LogP contribution in [0.5, 0.6) is 0 Å². The Hall–Kier alpha value is -2.86. The van der Waals surface area contributed by atoms with Crippen molar-refractivity contribution in [2.45, 2.75) is 57.7 Å². The zero-order chi connectivity index (χ0) is 23.6. The Morgan fingerprint density at radius 3 is 2.09 bits per heavy atom. The second-order valence-electron chi connectivity index (χ2n) is 9.52. The maximum atomic E-state index is 13.1. The van der Waals surface area contributed by atoms with Gasteiger partial charge in [0.15, 0.2) is 0 Å². The van der Waals surface area contributed by atoms with Crippen LogP contribution in [0.3, 0.4) is 0 Å². The second-order valence-corrected chi connectivity index (χ2v) is 9.52. The highest BCUT2D eigenvalue weighted by atomic mass is 16.2. The molecule has 1 aliphatic carbocycles. The number of rotatable bonds is 8. The molecule has 2 aromatic carbocycles. The summed E-state index contributed by atoms with van der Waals surface area (Å²) in [6, 6.07) is 20.7. The van der Waals surface area contributed by atoms with Crippen LogP contribution in [0.15, 0.2) is 60.7 Å². The number of carbonyl (C=O) groups is 2. The van der Waals surface area contributed by atoms with Gasteiger partial charge in [0.05, 0.1) is 0 Å². The van der Waals surface area contributed by atoms with E-state index in [1.165, 1.54) is 12.0 Å². The Morgan fingerprint density at radius 1 is 0.824 bits per heavy atom. The minimum atomic E-state index is -0.0452. The molecule has 182 valence electrons. The molecule has 4 rings (SSSR count). The molecule has 0 bridgehead atoms. The van der Waals surface area contributed by atoms with Crippen LogP contribution in [0.4, 0.5) is 4.79 Å². The van der Waals surface area contributed by atoms with Gasteiger partial charge in [0.2, 0.25) is 5.91 Å². The number of hydrogen-bond donors (Lipinski definition) is 1. The fourth-order valence-corrected chi connectivity index (χ4v) is 5.09. The molecule has 2 fully saturated rings. The largest absolute Gasteiger partial charge is 0.340 e. The van der Waals surface area contributed by atoms with Gasteiger partial charge in [-0.15, -0.1) is 0 Å². The van der Waals surface area contributed by atoms with Crippen LogP contribution in [0.25, 0.3) is 0 Å². The highest BCUT2D eigenvalue weighted by molar-refractivity contribution is 5.78. The number of urea groups is 1. The van der Waals surface area contributed by atoms with E-state index in [0.717, 1.165) is 64.0 Å². The Bertz CT molecular complexity index is 891. The molecule has 0 atom stereocenters. The van der Waals surface area contributed by atoms with Crippen LogP contribution in [0.1, 0.15) is 49.7 Å². The molecule has 1 saturated heterocycles. The lowest BCUT2D eigenvalue weighted by Crippen LogP contribution is -2.50. The van der Waals surface area contributed by atoms with Crippen molar-refractivity contribution in [1.82, 2.24) is 20.0 Å². The van der Waals surface area contributed by atoms with Gasteiger partial charge in [-0.25, -0.2) is 4.79 Å². The molecule has 1 saturated carbocycles. The zero-order valence-corrected chi connectivity index (χ0v) is 20.2. The number of hydrogen-bond acceptors (Lipinski definition) is 3. The lowest BCUT2D eigenvalue weighted by molar-refractivity contribution is -0.133. The fraction of sp³-hybridized carbons (Fsp3) is 0.500. The first-order chi connectivity index (χ1) is 16.7. The zero-order valence-electron chi connectivity index (χ0n) is 20.2. The summed E-state index contributed by atoms with van der Waals surface area (Å²) >= 11 is 0. The number of amides is 3. The van der Waals surface area contributed by atoms with Crippen molar-refractivity contribution < 1.29 is 9.59 Å². The van der Waals surface area contributed by atoms with Crippen molar-refractivity contribution in [3.8, 4) is 0 Å². The monoisotopic (exact) mass is 462 g/mol. The molecule has 6 heteroatoms. The van der Waals surface area contributed by atoms with Crippen LogP contribution < -0.4 is 5.32 Å². The first kappa shape index (κ1) is 24.3. The third-order valence-electron chi connectivity index (χ3n) is 7.10. The van der Waals surface area contributed by atoms with E-state index in [9.17, 15) is 9.59 Å². The molecule has 0 aromatic heterocycles. The van der Waals surface area contributed by atoms with Gasteiger partial charge in [-0.05, 0) is 24.0 Å². The Kier molecular flexibility index (Phi) is 8.97. The van der Waals surface area contributed by atoms with Gasteiger partial charge in [-0.3, -0.25) is 9.69 Å². The SMILES string of the molecule is O=C(CCN(C(=O)NCc1ccccc1)C1CCCCC1)N1CCN(Cc2ccccc2)CC1. The second kappa shape index (κ2) is 12.6. The lowest BCUT2D eigenvalue weighted by Gasteiger charge is -2.37. The van der Waals surface area contributed by atoms with Crippen LogP contribution in [0, 0.1) is 0 Å². The smallest absolute Gasteiger partial charge is 0.317 e. The predicted octanol–water partition coefficient (Wildman–Crippen LogP) is 4.27. The molecular weight excluding hydrogens is 424 g/mol. The lowest BCUT2D eigenvalue weighted by atomic mass is 9.94. The van der Waals surface area contributed by atoms with Crippen LogP contribution in [-0.4, -0.2) is 65.4 Å². The minimum absolute atomic E-state index is 0.0452. The summed E-state index contributed by atoms with van der Waals surface area (Å²) in [5.74, 6) is 0.163. The first-order valence-corrected chi connectivity index (χ1v) is 12.8. The standard InChI is InChI=1S/C28H38N4O2/c33-27(31-20-18-30(19-21-31)23-25-12-6-2-7-13-25)16-17-32(26-14-8-3-9-15-26)28(34)29-22-24-10-4-1-5-11-24/h1-2,4-7,10-13,26H,3,8-9,14-23H2,(H,29,34). The van der Waals surface area contributed by atoms with Crippen LogP contribution >= 0.6 is 0 Å². The quantitative estimate of drug-likeness (QED) is 0.638. The average Bonchev–Trinajstić information content (AvgIpc) is 2.90. The number of nitrogens with zero attached hydrogens (tertiary/aromatic N) is 3. The van der Waals surface area contributed by atoms with Crippen molar-refractivity contribution in [2.24, 2.45) is 0 Å². The van der Waals surface area contributed by atoms with Gasteiger partial charge in [-0.1, -0.05) is 79.9 Å². The highest BCUT2D eigenvalue weighted by Crippen LogP contribution is 2.23. The van der Waals surface area contributed by atoms with E-state index in [2.05, 4.69) is 34.5 Å². The molecule has 2 aliphatic rings. The first-order valence-electron chi connectivity index (χ1n) is 12.8. The third kappa shape index (κ3) is 7.07. The number of benzene rings is 2. The predicted molar refractivity (Wildman–Crippen MR) is 135 cm³/mol. The molecule has 3 amide bonds. The summed E-state index contributed by atoms with van der Waals surface area (Å²) < 4.78 is 0. The van der Waals surface area contributed by atoms with Crippen molar-refractivity contribution in [3.05, 3.63) is 71.8 Å². The van der Waals surface area contributed by atoms with E-state index < -0.39 is 0 Å². The maximum Gasteiger partial charge on any atom is 0.317 e. The average molecular weight is 463 g/mol. The van der Waals surface area contributed by atoms with Crippen molar-refractivity contribution in [3.63, 3.8) is 0 Å². The Morgan fingerprint density at radius 2 is 1.44 bits per heavy atom. The highest BCUT2D eigenvalue weighted by Gasteiger charge is 2.27. The van der Waals surface area contributed by atoms with Gasteiger partial charge < -0.3 is 15.1 Å². The molecule has 1 aliphatic heterocycles. The van der Waals surface area contributed by atoms with E-state index in [4.69, 9.17) is 0 Å². The van der Waals surface area contributed by atoms with Crippen molar-refractivity contribution in [2.75, 3.05) is 32.7 Å². The van der Waals surface area contributed by atoms with E-state index in [1.807, 2.05) is 46.2 Å². The fourth-order valence-electron chi connectivity index (χ4n) is 5.09. The summed E-state index contributed by atoms with van der Waals surface area (Å²) in [5, 5.41) is 3.08. The van der Waals surface area contributed by atoms with Crippen molar-refractivity contribution in [1.29, 1.82) is 0 Å². The number of nitrogens with one attached hydrogen (secondary N) is 1. The van der Waals surface area contributed by atoms with Gasteiger partial charge in [0.1, 0.15) is 0 Å². The Labute approximate surface area is 203 Å². The molecule has 1 heterocycles. The molecule has 2 aromatic rings. The van der Waals surface area contributed by atoms with Gasteiger partial charge in [-0.2, -0.15) is 0 Å². The van der Waals surface area contributed by atoms with E-state index in [1.54, 1.807) is 0 Å². The summed E-state index contributed by atoms with van der Waals surface area (Å²) in [6.07, 6.45) is 6.02. The molecule has 0 spiro atoms. The van der Waals surface area contributed by atoms with E-state index in [-0.39, 0.29) is 18.0 Å². The van der Waals surface area contributed by atoms with Crippen LogP contribution in [-0.2, 0) is 17.9 Å². The van der Waals surface area contributed by atoms with Crippen LogP contribution in [0.2, 0.25) is 0 Å². The summed E-state index contributed by atoms with van der Waals surface area (Å²) in [5.41, 5.74) is 2.40. The number of piperazine rings is 1. The Balaban J connectivity index is 1.26. The molecule has 6 nitrogen and oxygen atoms in total. The molecule has 1 N–H and O–H groups in total. The summed E-state index contributed by atoms with van der Waals surface area (Å²) in [7, 11) is 0. The van der Waals surface area contributed by atoms with E-state index in [0.29, 0.717) is 19.5 Å². The van der Waals surface area contributed by atoms with Crippen molar-refractivity contribution >= 4 is 11.9 Å². The third-order valence-corrected chi connectivity index (χ3v) is 7.10. The topological polar surface area (TPSA) is 55.9 Å². The number of carbonyl (C=O) groups excluding carboxylic acids is 2. The molecule has 34 heavy (non-hydrogen) atoms. The molecule has 0 radical (unpaired) electrons. The summed E-state index contributed by atoms with van der Waals surface area (Å²) in [6.45, 7) is 5.24. The van der Waals surface area contributed by atoms with Gasteiger partial charge >= 0.3 is 6.03 Å². The minimum Gasteiger partial charge on any atom is -0.340 e. The van der Waals surface area contributed by atoms with Gasteiger partial charge in [0, 0.05) is 58.3 Å². The summed E-state index contributed by atoms with van der Waals surface area (Å²) in [4.78, 5) is 32.4. The maximum absolute atomic E-state index is 13.1. The normalized spacial score (nSPS) is 17.4. The molecular formula is C28H38N4O2. The molecule has 0 unspecified atom stereocenters. The van der Waals surface area contributed by atoms with Gasteiger partial charge in [0.25, 0.3) is 0 Å². The van der Waals surface area contributed by atoms with E-state index >= 15 is 0 Å².